The highest BCUT2D eigenvalue weighted by Gasteiger charge is 2.30. The number of sulfonamides is 1. The molecule has 5 rings (SSSR count). The molecule has 198 valence electrons. The first kappa shape index (κ1) is 25.8. The lowest BCUT2D eigenvalue weighted by Crippen LogP contribution is -2.40. The van der Waals surface area contributed by atoms with Crippen LogP contribution in [-0.2, 0) is 10.0 Å². The van der Waals surface area contributed by atoms with Crippen molar-refractivity contribution >= 4 is 26.8 Å². The Morgan fingerprint density at radius 2 is 1.86 bits per heavy atom. The fourth-order valence-corrected chi connectivity index (χ4v) is 7.25. The number of halogens is 1. The van der Waals surface area contributed by atoms with E-state index in [4.69, 9.17) is 5.73 Å². The number of amides is 1. The van der Waals surface area contributed by atoms with Gasteiger partial charge in [-0.15, -0.1) is 0 Å². The summed E-state index contributed by atoms with van der Waals surface area (Å²) >= 11 is 0. The summed E-state index contributed by atoms with van der Waals surface area (Å²) in [4.78, 5) is 12.2. The van der Waals surface area contributed by atoms with Crippen molar-refractivity contribution in [2.24, 2.45) is 5.73 Å². The smallest absolute Gasteiger partial charge is 0.251 e. The molecule has 0 unspecified atom stereocenters. The number of hydrogen-bond donors (Lipinski definition) is 3. The number of carbonyl (C=O) groups excluding carboxylic acids is 1. The number of aromatic nitrogens is 2. The Kier molecular flexibility index (Phi) is 7.60. The third-order valence-corrected chi connectivity index (χ3v) is 9.69. The van der Waals surface area contributed by atoms with E-state index in [-0.39, 0.29) is 23.1 Å². The first-order valence-electron chi connectivity index (χ1n) is 13.1. The van der Waals surface area contributed by atoms with Gasteiger partial charge in [-0.1, -0.05) is 25.0 Å². The van der Waals surface area contributed by atoms with E-state index in [1.807, 2.05) is 6.07 Å². The Hall–Kier alpha value is -2.82. The van der Waals surface area contributed by atoms with E-state index in [9.17, 15) is 17.6 Å². The summed E-state index contributed by atoms with van der Waals surface area (Å²) < 4.78 is 41.3. The Morgan fingerprint density at radius 3 is 2.57 bits per heavy atom. The summed E-state index contributed by atoms with van der Waals surface area (Å²) in [5.41, 5.74) is 8.57. The van der Waals surface area contributed by atoms with Gasteiger partial charge in [0.05, 0.1) is 11.3 Å². The van der Waals surface area contributed by atoms with E-state index >= 15 is 0 Å². The van der Waals surface area contributed by atoms with Gasteiger partial charge < -0.3 is 11.1 Å². The molecule has 0 radical (unpaired) electrons. The molecule has 1 aliphatic carbocycles. The van der Waals surface area contributed by atoms with Crippen molar-refractivity contribution in [3.05, 3.63) is 53.5 Å². The molecule has 0 atom stereocenters. The van der Waals surface area contributed by atoms with E-state index < -0.39 is 15.9 Å². The largest absolute Gasteiger partial charge is 0.366 e. The monoisotopic (exact) mass is 527 g/mol. The highest BCUT2D eigenvalue weighted by atomic mass is 32.2. The number of carbonyl (C=O) groups is 1. The van der Waals surface area contributed by atoms with Crippen molar-refractivity contribution in [3.63, 3.8) is 0 Å². The molecule has 2 aliphatic rings. The fraction of sp³-hybridized carbons (Fsp3) is 0.481. The van der Waals surface area contributed by atoms with E-state index in [0.717, 1.165) is 17.6 Å². The maximum Gasteiger partial charge on any atom is 0.251 e. The second-order valence-electron chi connectivity index (χ2n) is 10.2. The topological polar surface area (TPSA) is 121 Å². The molecule has 8 nitrogen and oxygen atoms in total. The lowest BCUT2D eigenvalue weighted by atomic mass is 9.90. The van der Waals surface area contributed by atoms with Gasteiger partial charge in [0.25, 0.3) is 5.91 Å². The second kappa shape index (κ2) is 10.9. The number of piperidine rings is 1. The zero-order valence-electron chi connectivity index (χ0n) is 20.9. The molecule has 1 saturated heterocycles. The Morgan fingerprint density at radius 1 is 1.11 bits per heavy atom. The van der Waals surface area contributed by atoms with Crippen LogP contribution in [0.15, 0.2) is 36.4 Å². The molecule has 37 heavy (non-hydrogen) atoms. The van der Waals surface area contributed by atoms with Gasteiger partial charge in [-0.2, -0.15) is 5.10 Å². The molecule has 0 spiro atoms. The van der Waals surface area contributed by atoms with Crippen LogP contribution >= 0.6 is 0 Å². The van der Waals surface area contributed by atoms with Crippen LogP contribution < -0.4 is 11.1 Å². The number of benzene rings is 2. The standard InChI is InChI=1S/C27H34FN5O3S/c28-21-6-3-5-19(15-21)20-16-23-25(31-32-26(23)24(17-20)27(29)34)18-9-12-33(13-10-18)37(35,36)14-4-11-30-22-7-1-2-8-22/h3,5-6,15-18,22,30H,1-2,4,7-14H2,(H2,29,34)(H,31,32). The van der Waals surface area contributed by atoms with Gasteiger partial charge >= 0.3 is 0 Å². The minimum absolute atomic E-state index is 0.0592. The van der Waals surface area contributed by atoms with Crippen molar-refractivity contribution in [3.8, 4) is 11.1 Å². The van der Waals surface area contributed by atoms with Crippen molar-refractivity contribution in [1.29, 1.82) is 0 Å². The van der Waals surface area contributed by atoms with Crippen LogP contribution in [0, 0.1) is 5.82 Å². The summed E-state index contributed by atoms with van der Waals surface area (Å²) in [5.74, 6) is -0.759. The minimum Gasteiger partial charge on any atom is -0.366 e. The number of primary amides is 1. The number of aromatic amines is 1. The Balaban J connectivity index is 1.29. The van der Waals surface area contributed by atoms with Gasteiger partial charge in [-0.25, -0.2) is 17.1 Å². The highest BCUT2D eigenvalue weighted by molar-refractivity contribution is 7.89. The zero-order chi connectivity index (χ0) is 26.0. The third kappa shape index (κ3) is 5.71. The van der Waals surface area contributed by atoms with Gasteiger partial charge in [-0.05, 0) is 74.0 Å². The normalized spacial score (nSPS) is 18.1. The highest BCUT2D eigenvalue weighted by Crippen LogP contribution is 2.36. The minimum atomic E-state index is -3.31. The maximum atomic E-state index is 13.9. The molecule has 1 saturated carbocycles. The molecule has 3 aromatic rings. The molecule has 0 bridgehead atoms. The average Bonchev–Trinajstić information content (AvgIpc) is 3.56. The predicted molar refractivity (Wildman–Crippen MR) is 142 cm³/mol. The number of rotatable bonds is 9. The van der Waals surface area contributed by atoms with Crippen molar-refractivity contribution in [1.82, 2.24) is 19.8 Å². The van der Waals surface area contributed by atoms with Crippen LogP contribution in [0.5, 0.6) is 0 Å². The SMILES string of the molecule is NC(=O)c1cc(-c2cccc(F)c2)cc2c(C3CCN(S(=O)(=O)CCCNC4CCCC4)CC3)[nH]nc12. The van der Waals surface area contributed by atoms with Crippen LogP contribution in [0.4, 0.5) is 4.39 Å². The quantitative estimate of drug-likeness (QED) is 0.365. The van der Waals surface area contributed by atoms with Gasteiger partial charge in [0.15, 0.2) is 0 Å². The summed E-state index contributed by atoms with van der Waals surface area (Å²) in [5, 5.41) is 11.7. The first-order chi connectivity index (χ1) is 17.8. The summed E-state index contributed by atoms with van der Waals surface area (Å²) in [6.45, 7) is 1.61. The van der Waals surface area contributed by atoms with Crippen LogP contribution in [0.2, 0.25) is 0 Å². The molecule has 10 heteroatoms. The molecule has 4 N–H and O–H groups in total. The van der Waals surface area contributed by atoms with Crippen LogP contribution in [0.25, 0.3) is 22.0 Å². The van der Waals surface area contributed by atoms with Crippen molar-refractivity contribution in [2.45, 2.75) is 56.9 Å². The fourth-order valence-electron chi connectivity index (χ4n) is 5.71. The summed E-state index contributed by atoms with van der Waals surface area (Å²) in [7, 11) is -3.31. The summed E-state index contributed by atoms with van der Waals surface area (Å²) in [6, 6.07) is 10.3. The second-order valence-corrected chi connectivity index (χ2v) is 12.3. The number of H-pyrrole nitrogens is 1. The number of nitrogens with zero attached hydrogens (tertiary/aromatic N) is 2. The van der Waals surface area contributed by atoms with Crippen LogP contribution in [0.3, 0.4) is 0 Å². The molecule has 2 aromatic carbocycles. The lowest BCUT2D eigenvalue weighted by molar-refractivity contribution is 0.100. The van der Waals surface area contributed by atoms with E-state index in [0.29, 0.717) is 55.0 Å². The van der Waals surface area contributed by atoms with E-state index in [1.165, 1.54) is 37.8 Å². The van der Waals surface area contributed by atoms with Gasteiger partial charge in [0, 0.05) is 36.1 Å². The van der Waals surface area contributed by atoms with Gasteiger partial charge in [0.1, 0.15) is 11.3 Å². The van der Waals surface area contributed by atoms with Crippen LogP contribution in [0.1, 0.15) is 66.9 Å². The van der Waals surface area contributed by atoms with Gasteiger partial charge in [-0.3, -0.25) is 9.89 Å². The van der Waals surface area contributed by atoms with Crippen molar-refractivity contribution in [2.75, 3.05) is 25.4 Å². The first-order valence-corrected chi connectivity index (χ1v) is 14.7. The van der Waals surface area contributed by atoms with Crippen LogP contribution in [-0.4, -0.2) is 60.3 Å². The number of hydrogen-bond acceptors (Lipinski definition) is 5. The van der Waals surface area contributed by atoms with E-state index in [1.54, 1.807) is 22.5 Å². The molecular formula is C27H34FN5O3S. The molecule has 1 aromatic heterocycles. The molecule has 1 aliphatic heterocycles. The number of fused-ring (bicyclic) bond motifs is 1. The molecule has 2 fully saturated rings. The molecule has 2 heterocycles. The third-order valence-electron chi connectivity index (χ3n) is 7.73. The lowest BCUT2D eigenvalue weighted by Gasteiger charge is -2.31. The molecule has 1 amide bonds. The number of nitrogens with two attached hydrogens (primary N) is 1. The summed E-state index contributed by atoms with van der Waals surface area (Å²) in [6.07, 6.45) is 6.79. The van der Waals surface area contributed by atoms with Gasteiger partial charge in [0.2, 0.25) is 10.0 Å². The maximum absolute atomic E-state index is 13.9. The Bertz CT molecular complexity index is 1380. The zero-order valence-corrected chi connectivity index (χ0v) is 21.7. The van der Waals surface area contributed by atoms with Crippen molar-refractivity contribution < 1.29 is 17.6 Å². The molecular weight excluding hydrogens is 493 g/mol. The van der Waals surface area contributed by atoms with E-state index in [2.05, 4.69) is 15.5 Å². The predicted octanol–water partition coefficient (Wildman–Crippen LogP) is 3.90. The number of nitrogens with one attached hydrogen (secondary N) is 2. The Labute approximate surface area is 216 Å². The average molecular weight is 528 g/mol.